The van der Waals surface area contributed by atoms with E-state index < -0.39 is 0 Å². The molecular weight excluding hydrogens is 565 g/mol. The quantitative estimate of drug-likeness (QED) is 0.275. The van der Waals surface area contributed by atoms with Crippen LogP contribution in [0.1, 0.15) is 56.7 Å². The molecule has 3 aromatic rings. The molecule has 0 atom stereocenters. The summed E-state index contributed by atoms with van der Waals surface area (Å²) in [5.74, 6) is -0.636. The van der Waals surface area contributed by atoms with Crippen LogP contribution in [0.25, 0.3) is 10.1 Å². The first-order chi connectivity index (χ1) is 18.4. The zero-order valence-corrected chi connectivity index (χ0v) is 24.3. The van der Waals surface area contributed by atoms with E-state index in [1.165, 1.54) is 27.6 Å². The molecule has 1 fully saturated rings. The maximum absolute atomic E-state index is 13.2. The lowest BCUT2D eigenvalue weighted by Gasteiger charge is -2.34. The summed E-state index contributed by atoms with van der Waals surface area (Å²) >= 11 is 15.5. The van der Waals surface area contributed by atoms with E-state index in [-0.39, 0.29) is 24.3 Å². The van der Waals surface area contributed by atoms with Crippen molar-refractivity contribution in [3.63, 3.8) is 0 Å². The number of ether oxygens (including phenoxy) is 1. The fourth-order valence-corrected chi connectivity index (χ4v) is 8.10. The Morgan fingerprint density at radius 3 is 2.55 bits per heavy atom. The Balaban J connectivity index is 1.21. The summed E-state index contributed by atoms with van der Waals surface area (Å²) in [6.45, 7) is 4.40. The Morgan fingerprint density at radius 2 is 1.79 bits per heavy atom. The normalized spacial score (nSPS) is 16.2. The van der Waals surface area contributed by atoms with E-state index in [1.54, 1.807) is 17.9 Å². The second-order valence-electron chi connectivity index (χ2n) is 9.49. The Bertz CT molecular complexity index is 1380. The van der Waals surface area contributed by atoms with Crippen molar-refractivity contribution < 1.29 is 19.1 Å². The van der Waals surface area contributed by atoms with Gasteiger partial charge in [-0.05, 0) is 50.3 Å². The van der Waals surface area contributed by atoms with Gasteiger partial charge in [0, 0.05) is 46.2 Å². The number of halogens is 2. The van der Waals surface area contributed by atoms with Gasteiger partial charge in [-0.2, -0.15) is 0 Å². The van der Waals surface area contributed by atoms with Gasteiger partial charge in [0.2, 0.25) is 5.91 Å². The van der Waals surface area contributed by atoms with Crippen LogP contribution >= 0.6 is 45.9 Å². The first-order valence-corrected chi connectivity index (χ1v) is 15.2. The fraction of sp³-hybridized carbons (Fsp3) is 0.444. The van der Waals surface area contributed by atoms with Gasteiger partial charge in [0.25, 0.3) is 5.91 Å². The standard InChI is InChI=1S/C27H29Cl2N3O4S2/c1-2-36-27(35)22-17-6-4-3-5-7-19(17)38-25(22)30-21(33)15-31-10-12-32(13-11-31)26(34)24-23(29)18-9-8-16(28)14-20(18)37-24/h8-9,14H,2-7,10-13,15H2,1H3,(H,30,33). The summed E-state index contributed by atoms with van der Waals surface area (Å²) in [5, 5.41) is 5.47. The Kier molecular flexibility index (Phi) is 8.59. The zero-order chi connectivity index (χ0) is 26.8. The molecule has 11 heteroatoms. The minimum atomic E-state index is -0.364. The number of carbonyl (C=O) groups excluding carboxylic acids is 3. The predicted molar refractivity (Wildman–Crippen MR) is 154 cm³/mol. The lowest BCUT2D eigenvalue weighted by atomic mass is 10.1. The smallest absolute Gasteiger partial charge is 0.341 e. The van der Waals surface area contributed by atoms with Crippen molar-refractivity contribution in [3.8, 4) is 0 Å². The van der Waals surface area contributed by atoms with E-state index in [2.05, 4.69) is 5.32 Å². The second-order valence-corrected chi connectivity index (χ2v) is 12.5. The lowest BCUT2D eigenvalue weighted by molar-refractivity contribution is -0.117. The van der Waals surface area contributed by atoms with Crippen LogP contribution in [-0.4, -0.2) is 66.9 Å². The van der Waals surface area contributed by atoms with Crippen LogP contribution in [0.5, 0.6) is 0 Å². The summed E-state index contributed by atoms with van der Waals surface area (Å²) < 4.78 is 6.21. The van der Waals surface area contributed by atoms with Crippen molar-refractivity contribution in [1.82, 2.24) is 9.80 Å². The van der Waals surface area contributed by atoms with E-state index in [4.69, 9.17) is 27.9 Å². The number of nitrogens with zero attached hydrogens (tertiary/aromatic N) is 2. The fourth-order valence-electron chi connectivity index (χ4n) is 5.05. The van der Waals surface area contributed by atoms with Crippen molar-refractivity contribution in [1.29, 1.82) is 0 Å². The summed E-state index contributed by atoms with van der Waals surface area (Å²) in [6.07, 6.45) is 5.03. The third-order valence-corrected chi connectivity index (χ3v) is 10.1. The van der Waals surface area contributed by atoms with Crippen molar-refractivity contribution in [2.75, 3.05) is 44.6 Å². The number of aryl methyl sites for hydroxylation is 1. The highest BCUT2D eigenvalue weighted by Crippen LogP contribution is 2.39. The van der Waals surface area contributed by atoms with Gasteiger partial charge in [-0.15, -0.1) is 22.7 Å². The van der Waals surface area contributed by atoms with E-state index in [9.17, 15) is 14.4 Å². The average molecular weight is 595 g/mol. The average Bonchev–Trinajstić information content (AvgIpc) is 3.30. The zero-order valence-electron chi connectivity index (χ0n) is 21.1. The summed E-state index contributed by atoms with van der Waals surface area (Å²) in [5.41, 5.74) is 1.56. The monoisotopic (exact) mass is 593 g/mol. The molecule has 2 amide bonds. The van der Waals surface area contributed by atoms with Crippen molar-refractivity contribution >= 4 is 78.7 Å². The number of hydrogen-bond donors (Lipinski definition) is 1. The van der Waals surface area contributed by atoms with Crippen LogP contribution < -0.4 is 5.32 Å². The van der Waals surface area contributed by atoms with Gasteiger partial charge in [-0.25, -0.2) is 4.79 Å². The van der Waals surface area contributed by atoms with Gasteiger partial charge in [0.05, 0.1) is 23.7 Å². The van der Waals surface area contributed by atoms with Gasteiger partial charge in [-0.1, -0.05) is 35.7 Å². The number of nitrogens with one attached hydrogen (secondary N) is 1. The van der Waals surface area contributed by atoms with Crippen LogP contribution in [0.3, 0.4) is 0 Å². The maximum Gasteiger partial charge on any atom is 0.341 e. The Hall–Kier alpha value is -2.17. The largest absolute Gasteiger partial charge is 0.462 e. The number of hydrogen-bond acceptors (Lipinski definition) is 7. The molecule has 1 aliphatic heterocycles. The topological polar surface area (TPSA) is 79.0 Å². The number of amides is 2. The molecule has 0 unspecified atom stereocenters. The number of esters is 1. The molecule has 5 rings (SSSR count). The Labute approximate surface area is 239 Å². The van der Waals surface area contributed by atoms with Crippen LogP contribution in [0.2, 0.25) is 10.0 Å². The molecule has 0 bridgehead atoms. The number of anilines is 1. The molecule has 0 saturated carbocycles. The molecule has 0 spiro atoms. The molecule has 1 N–H and O–H groups in total. The third-order valence-electron chi connectivity index (χ3n) is 6.97. The SMILES string of the molecule is CCOC(=O)c1c(NC(=O)CN2CCN(C(=O)c3sc4cc(Cl)ccc4c3Cl)CC2)sc2c1CCCCC2. The van der Waals surface area contributed by atoms with Crippen molar-refractivity contribution in [3.05, 3.63) is 49.1 Å². The van der Waals surface area contributed by atoms with Gasteiger partial charge in [-0.3, -0.25) is 14.5 Å². The molecule has 1 aromatic carbocycles. The number of rotatable bonds is 6. The molecule has 1 saturated heterocycles. The van der Waals surface area contributed by atoms with Crippen LogP contribution in [0.4, 0.5) is 5.00 Å². The van der Waals surface area contributed by atoms with E-state index in [0.717, 1.165) is 47.8 Å². The van der Waals surface area contributed by atoms with Gasteiger partial charge in [0.1, 0.15) is 9.88 Å². The first-order valence-electron chi connectivity index (χ1n) is 12.9. The number of piperazine rings is 1. The lowest BCUT2D eigenvalue weighted by Crippen LogP contribution is -2.50. The second kappa shape index (κ2) is 11.9. The molecule has 0 radical (unpaired) electrons. The number of carbonyl (C=O) groups is 3. The molecule has 38 heavy (non-hydrogen) atoms. The molecule has 2 aromatic heterocycles. The number of thiophene rings is 2. The van der Waals surface area contributed by atoms with E-state index in [0.29, 0.717) is 58.3 Å². The molecule has 202 valence electrons. The minimum Gasteiger partial charge on any atom is -0.462 e. The first kappa shape index (κ1) is 27.4. The Morgan fingerprint density at radius 1 is 1.03 bits per heavy atom. The van der Waals surface area contributed by atoms with Crippen LogP contribution in [-0.2, 0) is 22.4 Å². The highest BCUT2D eigenvalue weighted by molar-refractivity contribution is 7.21. The van der Waals surface area contributed by atoms with Gasteiger partial charge < -0.3 is 15.0 Å². The van der Waals surface area contributed by atoms with E-state index in [1.807, 2.05) is 17.0 Å². The minimum absolute atomic E-state index is 0.101. The highest BCUT2D eigenvalue weighted by Gasteiger charge is 2.29. The molecule has 1 aliphatic carbocycles. The molecule has 2 aliphatic rings. The number of fused-ring (bicyclic) bond motifs is 2. The molecular formula is C27H29Cl2N3O4S2. The predicted octanol–water partition coefficient (Wildman–Crippen LogP) is 6.11. The van der Waals surface area contributed by atoms with E-state index >= 15 is 0 Å². The summed E-state index contributed by atoms with van der Waals surface area (Å²) in [7, 11) is 0. The van der Waals surface area contributed by atoms with Crippen LogP contribution in [0, 0.1) is 0 Å². The van der Waals surface area contributed by atoms with Gasteiger partial charge in [0.15, 0.2) is 0 Å². The molecule has 3 heterocycles. The van der Waals surface area contributed by atoms with Crippen molar-refractivity contribution in [2.24, 2.45) is 0 Å². The van der Waals surface area contributed by atoms with Crippen molar-refractivity contribution in [2.45, 2.75) is 39.0 Å². The summed E-state index contributed by atoms with van der Waals surface area (Å²) in [6, 6.07) is 5.42. The third kappa shape index (κ3) is 5.72. The maximum atomic E-state index is 13.2. The van der Waals surface area contributed by atoms with Crippen LogP contribution in [0.15, 0.2) is 18.2 Å². The highest BCUT2D eigenvalue weighted by atomic mass is 35.5. The van der Waals surface area contributed by atoms with Gasteiger partial charge >= 0.3 is 5.97 Å². The number of benzene rings is 1. The molecule has 7 nitrogen and oxygen atoms in total. The summed E-state index contributed by atoms with van der Waals surface area (Å²) in [4.78, 5) is 44.5.